The first-order valence-corrected chi connectivity index (χ1v) is 6.48. The smallest absolute Gasteiger partial charge is 0.186 e. The van der Waals surface area contributed by atoms with Gasteiger partial charge in [0.15, 0.2) is 5.78 Å². The Morgan fingerprint density at radius 3 is 2.84 bits per heavy atom. The van der Waals surface area contributed by atoms with Crippen molar-refractivity contribution in [3.05, 3.63) is 45.9 Å². The maximum atomic E-state index is 12.0. The number of phenolic OH excluding ortho intramolecular Hbond substituents is 1. The van der Waals surface area contributed by atoms with Crippen molar-refractivity contribution in [3.8, 4) is 11.5 Å². The normalized spacial score (nSPS) is 10.8. The Labute approximate surface area is 115 Å². The molecule has 1 N–H and O–H groups in total. The predicted octanol–water partition coefficient (Wildman–Crippen LogP) is 3.06. The molecule has 0 radical (unpaired) electrons. The minimum Gasteiger partial charge on any atom is -0.508 e. The van der Waals surface area contributed by atoms with Crippen LogP contribution in [0.2, 0.25) is 0 Å². The van der Waals surface area contributed by atoms with E-state index < -0.39 is 0 Å². The van der Waals surface area contributed by atoms with Crippen molar-refractivity contribution in [2.45, 2.75) is 6.92 Å². The van der Waals surface area contributed by atoms with E-state index in [0.29, 0.717) is 11.3 Å². The number of ether oxygens (including phenoxy) is 1. The molecule has 0 atom stereocenters. The third-order valence-corrected chi connectivity index (χ3v) is 3.48. The molecule has 0 aliphatic rings. The zero-order chi connectivity index (χ0) is 13.8. The Morgan fingerprint density at radius 1 is 1.42 bits per heavy atom. The number of phenols is 1. The summed E-state index contributed by atoms with van der Waals surface area (Å²) in [4.78, 5) is 17.1. The van der Waals surface area contributed by atoms with Crippen LogP contribution < -0.4 is 4.74 Å². The summed E-state index contributed by atoms with van der Waals surface area (Å²) in [6.45, 7) is 1.89. The number of ketones is 1. The Hall–Kier alpha value is -2.14. The molecule has 4 nitrogen and oxygen atoms in total. The van der Waals surface area contributed by atoms with Crippen molar-refractivity contribution < 1.29 is 14.6 Å². The van der Waals surface area contributed by atoms with Crippen LogP contribution in [0.1, 0.15) is 20.9 Å². The zero-order valence-corrected chi connectivity index (χ0v) is 11.4. The SMILES string of the molecule is COc1cc(O)cc(C(=O)/C=C/c2scnc2C)c1. The van der Waals surface area contributed by atoms with E-state index in [1.54, 1.807) is 17.7 Å². The van der Waals surface area contributed by atoms with Crippen molar-refractivity contribution in [1.29, 1.82) is 0 Å². The molecule has 98 valence electrons. The third-order valence-electron chi connectivity index (χ3n) is 2.58. The Balaban J connectivity index is 2.23. The van der Waals surface area contributed by atoms with Gasteiger partial charge in [-0.3, -0.25) is 4.79 Å². The van der Waals surface area contributed by atoms with Crippen LogP contribution in [0.3, 0.4) is 0 Å². The van der Waals surface area contributed by atoms with Crippen molar-refractivity contribution in [2.75, 3.05) is 7.11 Å². The molecule has 19 heavy (non-hydrogen) atoms. The summed E-state index contributed by atoms with van der Waals surface area (Å²) >= 11 is 1.47. The van der Waals surface area contributed by atoms with Crippen molar-refractivity contribution in [2.24, 2.45) is 0 Å². The molecule has 0 spiro atoms. The molecule has 0 saturated carbocycles. The fourth-order valence-electron chi connectivity index (χ4n) is 1.56. The topological polar surface area (TPSA) is 59.4 Å². The van der Waals surface area contributed by atoms with Crippen LogP contribution in [-0.2, 0) is 0 Å². The number of methoxy groups -OCH3 is 1. The highest BCUT2D eigenvalue weighted by atomic mass is 32.1. The van der Waals surface area contributed by atoms with E-state index in [4.69, 9.17) is 4.74 Å². The summed E-state index contributed by atoms with van der Waals surface area (Å²) in [5.74, 6) is 0.262. The molecule has 0 saturated heterocycles. The van der Waals surface area contributed by atoms with Crippen LogP contribution in [0, 0.1) is 6.92 Å². The molecular weight excluding hydrogens is 262 g/mol. The van der Waals surface area contributed by atoms with Gasteiger partial charge in [-0.05, 0) is 31.2 Å². The number of thiazole rings is 1. The quantitative estimate of drug-likeness (QED) is 0.688. The van der Waals surface area contributed by atoms with Crippen LogP contribution in [-0.4, -0.2) is 23.0 Å². The van der Waals surface area contributed by atoms with Gasteiger partial charge >= 0.3 is 0 Å². The summed E-state index contributed by atoms with van der Waals surface area (Å²) in [5.41, 5.74) is 3.01. The molecule has 0 unspecified atom stereocenters. The number of carbonyl (C=O) groups excluding carboxylic acids is 1. The largest absolute Gasteiger partial charge is 0.508 e. The standard InChI is InChI=1S/C14H13NO3S/c1-9-14(19-8-15-9)4-3-13(17)10-5-11(16)7-12(6-10)18-2/h3-8,16H,1-2H3/b4-3+. The minimum atomic E-state index is -0.193. The number of aromatic nitrogens is 1. The lowest BCUT2D eigenvalue weighted by Gasteiger charge is -2.03. The lowest BCUT2D eigenvalue weighted by Crippen LogP contribution is -1.95. The van der Waals surface area contributed by atoms with Crippen LogP contribution in [0.4, 0.5) is 0 Å². The first-order chi connectivity index (χ1) is 9.10. The van der Waals surface area contributed by atoms with Gasteiger partial charge in [0.05, 0.1) is 18.3 Å². The van der Waals surface area contributed by atoms with Crippen LogP contribution in [0.15, 0.2) is 29.8 Å². The molecule has 0 aliphatic heterocycles. The molecule has 2 rings (SSSR count). The number of rotatable bonds is 4. The van der Waals surface area contributed by atoms with Crippen molar-refractivity contribution in [1.82, 2.24) is 4.98 Å². The average Bonchev–Trinajstić information content (AvgIpc) is 2.80. The minimum absolute atomic E-state index is 0.00470. The number of nitrogens with zero attached hydrogens (tertiary/aromatic N) is 1. The van der Waals surface area contributed by atoms with Gasteiger partial charge in [0.2, 0.25) is 0 Å². The highest BCUT2D eigenvalue weighted by molar-refractivity contribution is 7.10. The van der Waals surface area contributed by atoms with Gasteiger partial charge in [-0.1, -0.05) is 0 Å². The molecule has 5 heteroatoms. The molecule has 1 aromatic carbocycles. The summed E-state index contributed by atoms with van der Waals surface area (Å²) in [5, 5.41) is 9.51. The van der Waals surface area contributed by atoms with Gasteiger partial charge in [0, 0.05) is 16.5 Å². The monoisotopic (exact) mass is 275 g/mol. The van der Waals surface area contributed by atoms with E-state index in [1.165, 1.54) is 36.7 Å². The molecule has 1 aromatic heterocycles. The number of aromatic hydroxyl groups is 1. The van der Waals surface area contributed by atoms with E-state index in [0.717, 1.165) is 10.6 Å². The Bertz CT molecular complexity index is 631. The first kappa shape index (κ1) is 13.3. The lowest BCUT2D eigenvalue weighted by molar-refractivity contribution is 0.104. The number of aryl methyl sites for hydroxylation is 1. The maximum absolute atomic E-state index is 12.0. The number of allylic oxidation sites excluding steroid dienone is 1. The molecule has 0 fully saturated rings. The van der Waals surface area contributed by atoms with E-state index in [9.17, 15) is 9.90 Å². The molecule has 0 bridgehead atoms. The number of hydrogen-bond donors (Lipinski definition) is 1. The predicted molar refractivity (Wildman–Crippen MR) is 74.9 cm³/mol. The molecule has 2 aromatic rings. The Morgan fingerprint density at radius 2 is 2.21 bits per heavy atom. The van der Waals surface area contributed by atoms with Gasteiger partial charge < -0.3 is 9.84 Å². The maximum Gasteiger partial charge on any atom is 0.186 e. The van der Waals surface area contributed by atoms with Crippen LogP contribution in [0.5, 0.6) is 11.5 Å². The van der Waals surface area contributed by atoms with E-state index in [1.807, 2.05) is 6.92 Å². The highest BCUT2D eigenvalue weighted by Crippen LogP contribution is 2.22. The molecule has 1 heterocycles. The third kappa shape index (κ3) is 3.20. The van der Waals surface area contributed by atoms with Gasteiger partial charge in [0.25, 0.3) is 0 Å². The van der Waals surface area contributed by atoms with Crippen LogP contribution in [0.25, 0.3) is 6.08 Å². The van der Waals surface area contributed by atoms with E-state index in [-0.39, 0.29) is 11.5 Å². The fraction of sp³-hybridized carbons (Fsp3) is 0.143. The second-order valence-corrected chi connectivity index (χ2v) is 4.81. The van der Waals surface area contributed by atoms with Gasteiger partial charge in [-0.25, -0.2) is 4.98 Å². The Kier molecular flexibility index (Phi) is 3.97. The van der Waals surface area contributed by atoms with Gasteiger partial charge in [-0.15, -0.1) is 11.3 Å². The van der Waals surface area contributed by atoms with Gasteiger partial charge in [-0.2, -0.15) is 0 Å². The van der Waals surface area contributed by atoms with Gasteiger partial charge in [0.1, 0.15) is 11.5 Å². The highest BCUT2D eigenvalue weighted by Gasteiger charge is 2.07. The molecule has 0 aliphatic carbocycles. The summed E-state index contributed by atoms with van der Waals surface area (Å²) < 4.78 is 5.01. The van der Waals surface area contributed by atoms with Crippen molar-refractivity contribution >= 4 is 23.2 Å². The zero-order valence-electron chi connectivity index (χ0n) is 10.6. The second kappa shape index (κ2) is 5.67. The lowest BCUT2D eigenvalue weighted by atomic mass is 10.1. The first-order valence-electron chi connectivity index (χ1n) is 5.60. The number of benzene rings is 1. The second-order valence-electron chi connectivity index (χ2n) is 3.92. The molecule has 0 amide bonds. The summed E-state index contributed by atoms with van der Waals surface area (Å²) in [6.07, 6.45) is 3.20. The fourth-order valence-corrected chi connectivity index (χ4v) is 2.26. The summed E-state index contributed by atoms with van der Waals surface area (Å²) in [6, 6.07) is 4.45. The summed E-state index contributed by atoms with van der Waals surface area (Å²) in [7, 11) is 1.49. The molecular formula is C14H13NO3S. The van der Waals surface area contributed by atoms with E-state index in [2.05, 4.69) is 4.98 Å². The average molecular weight is 275 g/mol. The number of carbonyl (C=O) groups is 1. The number of hydrogen-bond acceptors (Lipinski definition) is 5. The van der Waals surface area contributed by atoms with E-state index >= 15 is 0 Å². The van der Waals surface area contributed by atoms with Crippen molar-refractivity contribution in [3.63, 3.8) is 0 Å². The van der Waals surface area contributed by atoms with Crippen LogP contribution >= 0.6 is 11.3 Å².